The van der Waals surface area contributed by atoms with Crippen molar-refractivity contribution >= 4 is 5.97 Å². The Morgan fingerprint density at radius 3 is 2.22 bits per heavy atom. The molecule has 22 heteroatoms. The summed E-state index contributed by atoms with van der Waals surface area (Å²) in [6, 6.07) is 4.65. The fraction of sp³-hybridized carbons (Fsp3) is 0.796. The molecule has 3 aliphatic heterocycles. The van der Waals surface area contributed by atoms with Crippen LogP contribution in [0.5, 0.6) is 0 Å². The Morgan fingerprint density at radius 1 is 0.934 bits per heavy atom. The van der Waals surface area contributed by atoms with Gasteiger partial charge in [0, 0.05) is 70.3 Å². The molecule has 21 nitrogen and oxygen atoms in total. The second-order valence-electron chi connectivity index (χ2n) is 23.1. The number of carbonyl (C=O) groups is 1. The van der Waals surface area contributed by atoms with E-state index in [0.717, 1.165) is 0 Å². The highest BCUT2D eigenvalue weighted by Gasteiger charge is 2.55. The fourth-order valence-corrected chi connectivity index (χ4v) is 12.3. The Labute approximate surface area is 447 Å². The maximum Gasteiger partial charge on any atom is 0.309 e. The molecule has 1 unspecified atom stereocenters. The van der Waals surface area contributed by atoms with Gasteiger partial charge in [0.15, 0.2) is 6.29 Å². The molecule has 430 valence electrons. The molecule has 3 saturated heterocycles. The first kappa shape index (κ1) is 61.6. The number of ether oxygens (including phenoxy) is 5. The number of cyclic esters (lactones) is 1. The van der Waals surface area contributed by atoms with Crippen LogP contribution < -0.4 is 0 Å². The summed E-state index contributed by atoms with van der Waals surface area (Å²) < 4.78 is 49.7. The van der Waals surface area contributed by atoms with Gasteiger partial charge in [-0.2, -0.15) is 0 Å². The molecule has 2 aromatic heterocycles. The van der Waals surface area contributed by atoms with E-state index < -0.39 is 127 Å². The molecule has 0 amide bonds. The highest BCUT2D eigenvalue weighted by Crippen LogP contribution is 2.45. The second kappa shape index (κ2) is 25.7. The lowest BCUT2D eigenvalue weighted by Crippen LogP contribution is -2.62. The van der Waals surface area contributed by atoms with Crippen LogP contribution >= 0.6 is 0 Å². The highest BCUT2D eigenvalue weighted by atomic mass is 19.1. The molecule has 1 aromatic carbocycles. The van der Waals surface area contributed by atoms with Gasteiger partial charge in [-0.1, -0.05) is 50.3 Å². The molecule has 0 spiro atoms. The molecule has 0 aliphatic carbocycles. The Kier molecular flexibility index (Phi) is 20.8. The number of halogens is 1. The summed E-state index contributed by atoms with van der Waals surface area (Å²) in [5, 5.41) is 97.4. The van der Waals surface area contributed by atoms with Crippen molar-refractivity contribution in [2.45, 2.75) is 204 Å². The number of esters is 1. The van der Waals surface area contributed by atoms with Gasteiger partial charge in [0.1, 0.15) is 48.8 Å². The minimum atomic E-state index is -1.84. The van der Waals surface area contributed by atoms with Crippen molar-refractivity contribution in [3.05, 3.63) is 53.6 Å². The number of aromatic nitrogens is 6. The quantitative estimate of drug-likeness (QED) is 0.102. The molecule has 3 aliphatic rings. The second-order valence-corrected chi connectivity index (χ2v) is 23.1. The zero-order chi connectivity index (χ0) is 56.2. The fourth-order valence-electron chi connectivity index (χ4n) is 12.3. The zero-order valence-corrected chi connectivity index (χ0v) is 46.9. The topological polar surface area (TPSA) is 273 Å². The Morgan fingerprint density at radius 2 is 1.59 bits per heavy atom. The van der Waals surface area contributed by atoms with Crippen molar-refractivity contribution < 1.29 is 68.6 Å². The van der Waals surface area contributed by atoms with E-state index in [0.29, 0.717) is 55.0 Å². The predicted molar refractivity (Wildman–Crippen MR) is 278 cm³/mol. The Hall–Kier alpha value is -3.62. The molecule has 76 heavy (non-hydrogen) atoms. The van der Waals surface area contributed by atoms with Crippen LogP contribution in [0.15, 0.2) is 36.7 Å². The van der Waals surface area contributed by atoms with Gasteiger partial charge in [-0.05, 0) is 104 Å². The summed E-state index contributed by atoms with van der Waals surface area (Å²) in [6.45, 7) is 17.5. The lowest BCUT2D eigenvalue weighted by atomic mass is 9.68. The van der Waals surface area contributed by atoms with E-state index in [-0.39, 0.29) is 31.8 Å². The summed E-state index contributed by atoms with van der Waals surface area (Å²) >= 11 is 0. The van der Waals surface area contributed by atoms with Gasteiger partial charge in [0.05, 0.1) is 64.8 Å². The third kappa shape index (κ3) is 13.7. The summed E-state index contributed by atoms with van der Waals surface area (Å²) in [5.41, 5.74) is -2.27. The number of aliphatic hydroxyl groups is 7. The van der Waals surface area contributed by atoms with E-state index in [1.807, 2.05) is 44.7 Å². The number of alkyl halides is 1. The van der Waals surface area contributed by atoms with Gasteiger partial charge in [0.2, 0.25) is 0 Å². The van der Waals surface area contributed by atoms with Gasteiger partial charge >= 0.3 is 5.97 Å². The van der Waals surface area contributed by atoms with E-state index >= 15 is 0 Å². The number of nitrogens with zero attached hydrogens (tertiary/aromatic N) is 8. The summed E-state index contributed by atoms with van der Waals surface area (Å²) in [6.07, 6.45) is -5.19. The molecule has 3 aromatic rings. The van der Waals surface area contributed by atoms with Crippen LogP contribution in [-0.2, 0) is 41.3 Å². The van der Waals surface area contributed by atoms with E-state index in [1.165, 1.54) is 18.7 Å². The van der Waals surface area contributed by atoms with Crippen LogP contribution in [0, 0.1) is 23.7 Å². The van der Waals surface area contributed by atoms with Gasteiger partial charge in [-0.15, -0.1) is 10.2 Å². The number of likely N-dealkylation sites (N-methyl/N-ethyl adjacent to an activating group) is 2. The van der Waals surface area contributed by atoms with Crippen molar-refractivity contribution in [3.8, 4) is 5.69 Å². The average Bonchev–Trinajstić information content (AvgIpc) is 4.06. The van der Waals surface area contributed by atoms with E-state index in [1.54, 1.807) is 82.9 Å². The normalized spacial score (nSPS) is 38.6. The number of rotatable bonds is 16. The number of hydrogen-bond acceptors (Lipinski definition) is 19. The third-order valence-electron chi connectivity index (χ3n) is 17.0. The molecular weight excluding hydrogens is 988 g/mol. The average molecular weight is 1080 g/mol. The maximum absolute atomic E-state index is 14.7. The number of hydrogen-bond donors (Lipinski definition) is 7. The lowest BCUT2D eigenvalue weighted by molar-refractivity contribution is -0.302. The molecule has 3 fully saturated rings. The van der Waals surface area contributed by atoms with Crippen LogP contribution in [0.4, 0.5) is 4.39 Å². The zero-order valence-electron chi connectivity index (χ0n) is 46.9. The smallest absolute Gasteiger partial charge is 0.309 e. The van der Waals surface area contributed by atoms with Gasteiger partial charge in [-0.25, -0.2) is 13.8 Å². The maximum atomic E-state index is 14.7. The van der Waals surface area contributed by atoms with Crippen molar-refractivity contribution in [2.24, 2.45) is 23.7 Å². The van der Waals surface area contributed by atoms with Crippen LogP contribution in [0.25, 0.3) is 5.69 Å². The molecule has 6 rings (SSSR count). The first-order valence-corrected chi connectivity index (χ1v) is 27.1. The van der Waals surface area contributed by atoms with E-state index in [2.05, 4.69) is 20.6 Å². The van der Waals surface area contributed by atoms with Crippen LogP contribution in [-0.4, -0.2) is 213 Å². The highest BCUT2D eigenvalue weighted by molar-refractivity contribution is 5.73. The minimum Gasteiger partial charge on any atom is -0.459 e. The molecular formula is C54H89FN8O13. The minimum absolute atomic E-state index is 0.0540. The first-order valence-electron chi connectivity index (χ1n) is 27.1. The number of aliphatic hydroxyl groups excluding tert-OH is 5. The Bertz CT molecular complexity index is 2290. The first-order chi connectivity index (χ1) is 35.7. The number of carbonyl (C=O) groups excluding carboxylic acids is 1. The van der Waals surface area contributed by atoms with E-state index in [4.69, 9.17) is 23.7 Å². The Balaban J connectivity index is 1.24. The standard InChI is InChI=1S/C54H89FN8O13/c1-14-43-54(10,71)47(67)34(6)61(12)27-30(2)24-52(8,70)49(32(4)44(33(5)50(69)75-43)42-25-53(9,72-13)48(68)35(7)74-42)76-51-46(66)40(23-31(3)73-51)60(11)21-19-37-29-63(59-56-37)41(26-55)45(65)36-15-17-39(18-16-36)62-28-38(20-22-64)57-58-62/h15-18,28-35,40-49,51,64-68,70-71H,14,19-27H2,1-13H3/t30-,31-,32+,33-,34-,35+,40+,41-,42?,43-,44+,45-,46-,47-,48+,49-,51+,52-,53-,54-/m1/s1. The molecule has 0 radical (unpaired) electrons. The SMILES string of the molecule is CC[C@H]1OC(=O)[C@H](C)[C@@H](C2C[C@@](C)(OC)[C@@H](O)[C@H](C)O2)[C@H](C)[C@@H](O[C@@H]2O[C@H](C)C[C@H](N(C)CCc3cn([C@H](CF)[C@H](O)c4ccc(-n5cc(CCO)nn5)cc4)nn3)[C@H]2O)[C@](C)(O)C[C@@H](C)CN(C)[C@H](C)[C@@H](O)[C@]1(C)O. The van der Waals surface area contributed by atoms with Crippen LogP contribution in [0.2, 0.25) is 0 Å². The van der Waals surface area contributed by atoms with Gasteiger partial charge in [0.25, 0.3) is 0 Å². The molecule has 0 bridgehead atoms. The van der Waals surface area contributed by atoms with Crippen LogP contribution in [0.3, 0.4) is 0 Å². The molecule has 0 saturated carbocycles. The van der Waals surface area contributed by atoms with Crippen LogP contribution in [0.1, 0.15) is 124 Å². The summed E-state index contributed by atoms with van der Waals surface area (Å²) in [4.78, 5) is 18.5. The number of benzene rings is 1. The predicted octanol–water partition coefficient (Wildman–Crippen LogP) is 2.74. The summed E-state index contributed by atoms with van der Waals surface area (Å²) in [5.74, 6) is -3.33. The van der Waals surface area contributed by atoms with Gasteiger partial charge in [-0.3, -0.25) is 4.79 Å². The summed E-state index contributed by atoms with van der Waals surface area (Å²) in [7, 11) is 5.21. The van der Waals surface area contributed by atoms with E-state index in [9.17, 15) is 44.9 Å². The molecule has 7 N–H and O–H groups in total. The number of methoxy groups -OCH3 is 1. The van der Waals surface area contributed by atoms with Crippen molar-refractivity contribution in [2.75, 3.05) is 47.6 Å². The molecule has 5 heterocycles. The third-order valence-corrected chi connectivity index (χ3v) is 17.0. The lowest BCUT2D eigenvalue weighted by Gasteiger charge is -2.51. The largest absolute Gasteiger partial charge is 0.459 e. The monoisotopic (exact) mass is 1080 g/mol. The van der Waals surface area contributed by atoms with Crippen molar-refractivity contribution in [3.63, 3.8) is 0 Å². The van der Waals surface area contributed by atoms with Crippen molar-refractivity contribution in [1.82, 2.24) is 39.8 Å². The molecule has 20 atom stereocenters. The van der Waals surface area contributed by atoms with Gasteiger partial charge < -0.3 is 69.2 Å². The van der Waals surface area contributed by atoms with Crippen molar-refractivity contribution in [1.29, 1.82) is 0 Å².